The van der Waals surface area contributed by atoms with Gasteiger partial charge in [-0.2, -0.15) is 8.78 Å². The molecule has 1 aromatic heterocycles. The summed E-state index contributed by atoms with van der Waals surface area (Å²) in [4.78, 5) is 18.4. The van der Waals surface area contributed by atoms with E-state index in [1.807, 2.05) is 0 Å². The van der Waals surface area contributed by atoms with Gasteiger partial charge in [-0.25, -0.2) is 18.2 Å². The number of benzene rings is 2. The highest BCUT2D eigenvalue weighted by atomic mass is 32.2. The quantitative estimate of drug-likeness (QED) is 0.375. The van der Waals surface area contributed by atoms with Crippen LogP contribution in [0.5, 0.6) is 5.75 Å². The number of hydrogen-bond acceptors (Lipinski definition) is 6. The first kappa shape index (κ1) is 30.0. The van der Waals surface area contributed by atoms with Crippen molar-refractivity contribution < 1.29 is 49.5 Å². The minimum Gasteiger partial charge on any atom is -0.412 e. The number of pyridine rings is 1. The van der Waals surface area contributed by atoms with Crippen molar-refractivity contribution in [2.75, 3.05) is 18.5 Å². The van der Waals surface area contributed by atoms with Crippen molar-refractivity contribution in [1.82, 2.24) is 9.29 Å². The number of amides is 1. The molecule has 1 unspecified atom stereocenters. The second-order valence-electron chi connectivity index (χ2n) is 10.2. The largest absolute Gasteiger partial charge is 0.540 e. The average molecular weight is 614 g/mol. The number of halogens is 4. The number of anilines is 1. The maximum atomic E-state index is 14.3. The second-order valence-corrected chi connectivity index (χ2v) is 11.7. The zero-order chi connectivity index (χ0) is 29.0. The number of aromatic nitrogens is 1. The Labute approximate surface area is 243 Å². The smallest absolute Gasteiger partial charge is 0.412 e. The van der Waals surface area contributed by atoms with Gasteiger partial charge in [0, 0.05) is 21.0 Å². The summed E-state index contributed by atoms with van der Waals surface area (Å²) in [5.74, 6) is -0.948. The Morgan fingerprint density at radius 2 is 1.86 bits per heavy atom. The molecule has 3 aliphatic rings. The summed E-state index contributed by atoms with van der Waals surface area (Å²) in [6.45, 7) is 0.601. The first-order valence-corrected chi connectivity index (χ1v) is 14.1. The first-order valence-electron chi connectivity index (χ1n) is 13.0. The summed E-state index contributed by atoms with van der Waals surface area (Å²) in [6, 6.07) is 15.2. The van der Waals surface area contributed by atoms with Gasteiger partial charge in [-0.3, -0.25) is 4.79 Å². The van der Waals surface area contributed by atoms with Crippen LogP contribution in [0, 0.1) is 0 Å². The van der Waals surface area contributed by atoms with E-state index in [0.29, 0.717) is 30.0 Å². The highest BCUT2D eigenvalue weighted by Crippen LogP contribution is 2.53. The summed E-state index contributed by atoms with van der Waals surface area (Å²) < 4.78 is 77.9. The van der Waals surface area contributed by atoms with Crippen LogP contribution in [-0.2, 0) is 32.0 Å². The average Bonchev–Trinajstić information content (AvgIpc) is 3.62. The summed E-state index contributed by atoms with van der Waals surface area (Å²) in [5, 5.41) is 12.3. The van der Waals surface area contributed by atoms with E-state index < -0.39 is 46.0 Å². The normalized spacial score (nSPS) is 22.3. The Hall–Kier alpha value is -3.43. The Morgan fingerprint density at radius 3 is 2.55 bits per heavy atom. The van der Waals surface area contributed by atoms with Gasteiger partial charge in [0.25, 0.3) is 0 Å². The lowest BCUT2D eigenvalue weighted by Crippen LogP contribution is -2.41. The zero-order valence-electron chi connectivity index (χ0n) is 22.0. The lowest BCUT2D eigenvalue weighted by molar-refractivity contribution is -0.461. The fourth-order valence-corrected chi connectivity index (χ4v) is 6.63. The predicted molar refractivity (Wildman–Crippen MR) is 147 cm³/mol. The van der Waals surface area contributed by atoms with Gasteiger partial charge in [0.05, 0.1) is 28.2 Å². The standard InChI is InChI=1S/C28H25F4N3O5S.H2O.2H2/c29-27(30)21-15-18(8-11-23(21)39-28(31,32)40-27)26(12-13-26)25(37)34-24-5-1-4-22(33-24)17-6-9-20(10-7-17)41(38)35-14-2-3-19(35)16-36;;;/h1,4-11,15,19,36H,2-3,12-14,16H2,(H,33,34,37);1H2;2*1H/t19-,41?;;;/m1.../s1. The van der Waals surface area contributed by atoms with E-state index in [9.17, 15) is 31.7 Å². The number of carbonyl (C=O) groups excluding carboxylic acids is 1. The number of nitrogens with one attached hydrogen (secondary N) is 1. The third-order valence-corrected chi connectivity index (χ3v) is 9.18. The molecular formula is C28H31F4N3O6S. The molecular weight excluding hydrogens is 582 g/mol. The molecule has 14 heteroatoms. The van der Waals surface area contributed by atoms with E-state index in [1.165, 1.54) is 6.07 Å². The molecule has 1 aliphatic carbocycles. The molecule has 228 valence electrons. The van der Waals surface area contributed by atoms with Crippen LogP contribution >= 0.6 is 0 Å². The minimum atomic E-state index is -4.47. The molecule has 3 aromatic rings. The molecule has 1 amide bonds. The summed E-state index contributed by atoms with van der Waals surface area (Å²) >= 11 is 0. The number of aliphatic hydroxyl groups is 1. The molecule has 1 saturated heterocycles. The molecule has 3 heterocycles. The van der Waals surface area contributed by atoms with Crippen LogP contribution < -0.4 is 10.1 Å². The lowest BCUT2D eigenvalue weighted by Gasteiger charge is -2.31. The molecule has 9 nitrogen and oxygen atoms in total. The highest BCUT2D eigenvalue weighted by Gasteiger charge is 2.57. The van der Waals surface area contributed by atoms with Crippen LogP contribution in [0.2, 0.25) is 0 Å². The Balaban J connectivity index is 0.00000176. The number of nitrogens with zero attached hydrogens (tertiary/aromatic N) is 2. The number of fused-ring (bicyclic) bond motifs is 1. The van der Waals surface area contributed by atoms with Gasteiger partial charge in [0.1, 0.15) is 22.6 Å². The van der Waals surface area contributed by atoms with Gasteiger partial charge >= 0.3 is 12.4 Å². The topological polar surface area (TPSA) is 132 Å². The number of carbonyl (C=O) groups is 1. The van der Waals surface area contributed by atoms with Gasteiger partial charge in [-0.05, 0) is 67.6 Å². The van der Waals surface area contributed by atoms with Crippen LogP contribution in [0.3, 0.4) is 0 Å². The summed E-state index contributed by atoms with van der Waals surface area (Å²) in [5.41, 5.74) is -0.510. The van der Waals surface area contributed by atoms with Gasteiger partial charge < -0.3 is 20.6 Å². The van der Waals surface area contributed by atoms with Gasteiger partial charge in [-0.15, -0.1) is 8.78 Å². The fraction of sp³-hybridized carbons (Fsp3) is 0.357. The SMILES string of the molecule is O.O=C(Nc1cccc(-c2ccc(S(=O)N3CCC[C@@H]3CO)cc2)n1)C1(c2ccc3c(c2)C(F)(F)OC(F)(F)O3)CC1.[HH].[HH]. The van der Waals surface area contributed by atoms with Crippen LogP contribution in [0.15, 0.2) is 65.6 Å². The fourth-order valence-electron chi connectivity index (χ4n) is 5.26. The second kappa shape index (κ2) is 11.0. The molecule has 0 spiro atoms. The highest BCUT2D eigenvalue weighted by molar-refractivity contribution is 7.82. The molecule has 42 heavy (non-hydrogen) atoms. The molecule has 2 atom stereocenters. The number of ether oxygens (including phenoxy) is 2. The first-order chi connectivity index (χ1) is 19.5. The molecule has 6 rings (SSSR count). The predicted octanol–water partition coefficient (Wildman–Crippen LogP) is 4.57. The van der Waals surface area contributed by atoms with Crippen LogP contribution in [0.1, 0.15) is 39.7 Å². The Bertz CT molecular complexity index is 1530. The van der Waals surface area contributed by atoms with Crippen molar-refractivity contribution in [3.63, 3.8) is 0 Å². The molecule has 2 fully saturated rings. The van der Waals surface area contributed by atoms with Crippen LogP contribution in [0.4, 0.5) is 23.4 Å². The van der Waals surface area contributed by atoms with E-state index in [4.69, 9.17) is 0 Å². The summed E-state index contributed by atoms with van der Waals surface area (Å²) in [6.07, 6.45) is -6.37. The molecule has 2 aliphatic heterocycles. The van der Waals surface area contributed by atoms with Crippen molar-refractivity contribution in [1.29, 1.82) is 0 Å². The van der Waals surface area contributed by atoms with Crippen molar-refractivity contribution in [3.05, 3.63) is 71.8 Å². The zero-order valence-corrected chi connectivity index (χ0v) is 22.8. The summed E-state index contributed by atoms with van der Waals surface area (Å²) in [7, 11) is -1.40. The van der Waals surface area contributed by atoms with Crippen LogP contribution in [-0.4, -0.2) is 55.5 Å². The molecule has 0 radical (unpaired) electrons. The van der Waals surface area contributed by atoms with E-state index >= 15 is 0 Å². The van der Waals surface area contributed by atoms with E-state index in [1.54, 1.807) is 46.8 Å². The maximum absolute atomic E-state index is 14.3. The van der Waals surface area contributed by atoms with Gasteiger partial charge in [-0.1, -0.05) is 24.3 Å². The number of rotatable bonds is 7. The van der Waals surface area contributed by atoms with Crippen LogP contribution in [0.25, 0.3) is 11.3 Å². The van der Waals surface area contributed by atoms with Crippen molar-refractivity contribution in [2.45, 2.75) is 54.4 Å². The van der Waals surface area contributed by atoms with Crippen molar-refractivity contribution in [3.8, 4) is 17.0 Å². The van der Waals surface area contributed by atoms with Gasteiger partial charge in [0.15, 0.2) is 0 Å². The number of alkyl halides is 4. The molecule has 4 N–H and O–H groups in total. The van der Waals surface area contributed by atoms with E-state index in [0.717, 1.165) is 30.5 Å². The number of hydrogen-bond donors (Lipinski definition) is 2. The maximum Gasteiger partial charge on any atom is 0.540 e. The minimum absolute atomic E-state index is 0. The van der Waals surface area contributed by atoms with Gasteiger partial charge in [0.2, 0.25) is 5.91 Å². The monoisotopic (exact) mass is 613 g/mol. The Morgan fingerprint density at radius 1 is 1.12 bits per heavy atom. The van der Waals surface area contributed by atoms with Crippen molar-refractivity contribution >= 4 is 22.7 Å². The van der Waals surface area contributed by atoms with Crippen molar-refractivity contribution in [2.24, 2.45) is 0 Å². The molecule has 2 aromatic carbocycles. The van der Waals surface area contributed by atoms with E-state index in [2.05, 4.69) is 19.8 Å². The number of aliphatic hydroxyl groups excluding tert-OH is 1. The lowest BCUT2D eigenvalue weighted by atomic mass is 9.92. The molecule has 1 saturated carbocycles. The third-order valence-electron chi connectivity index (χ3n) is 7.60. The third kappa shape index (κ3) is 5.52. The van der Waals surface area contributed by atoms with E-state index in [-0.39, 0.29) is 32.4 Å². The molecule has 0 bridgehead atoms. The Kier molecular flexibility index (Phi) is 7.87.